The van der Waals surface area contributed by atoms with E-state index in [1.165, 1.54) is 33.7 Å². The fraction of sp³-hybridized carbons (Fsp3) is 1.00. The molecule has 0 aliphatic carbocycles. The van der Waals surface area contributed by atoms with Crippen molar-refractivity contribution >= 4 is 8.58 Å². The molecular weight excluding hydrogens is 182 g/mol. The summed E-state index contributed by atoms with van der Waals surface area (Å²) >= 11 is 0. The first-order chi connectivity index (χ1) is 2.50. The predicted molar refractivity (Wildman–Crippen MR) is 27.3 cm³/mol. The molecule has 1 aliphatic rings. The second-order valence-corrected chi connectivity index (χ2v) is 2.96. The van der Waals surface area contributed by atoms with Gasteiger partial charge >= 0.3 is 0 Å². The standard InChI is InChI=1S/C4H9P.Rh/c1-2-4-5-3-1;/h5H,1-4H2;. The molecule has 0 unspecified atom stereocenters. The average molecular weight is 191 g/mol. The van der Waals surface area contributed by atoms with Gasteiger partial charge < -0.3 is 0 Å². The van der Waals surface area contributed by atoms with Crippen molar-refractivity contribution in [1.29, 1.82) is 0 Å². The third-order valence-electron chi connectivity index (χ3n) is 0.957. The molecule has 0 saturated carbocycles. The summed E-state index contributed by atoms with van der Waals surface area (Å²) in [6, 6.07) is 0. The average Bonchev–Trinajstić information content (AvgIpc) is 1.76. The molecule has 0 atom stereocenters. The molecule has 0 nitrogen and oxygen atoms in total. The topological polar surface area (TPSA) is 0 Å². The van der Waals surface area contributed by atoms with Crippen LogP contribution in [0.5, 0.6) is 0 Å². The van der Waals surface area contributed by atoms with Crippen molar-refractivity contribution in [3.8, 4) is 0 Å². The number of hydrogen-bond acceptors (Lipinski definition) is 0. The monoisotopic (exact) mass is 191 g/mol. The SMILES string of the molecule is C1CCPC1.[Rh]. The molecule has 6 heavy (non-hydrogen) atoms. The first-order valence-corrected chi connectivity index (χ1v) is 3.62. The first-order valence-electron chi connectivity index (χ1n) is 2.21. The van der Waals surface area contributed by atoms with Gasteiger partial charge in [0.1, 0.15) is 0 Å². The Bertz CT molecular complexity index is 19.1. The van der Waals surface area contributed by atoms with E-state index in [4.69, 9.17) is 0 Å². The summed E-state index contributed by atoms with van der Waals surface area (Å²) in [7, 11) is 1.31. The molecular formula is C4H9PRh. The smallest absolute Gasteiger partial charge is 0 e. The van der Waals surface area contributed by atoms with E-state index < -0.39 is 0 Å². The molecule has 2 heteroatoms. The van der Waals surface area contributed by atoms with Gasteiger partial charge in [-0.3, -0.25) is 0 Å². The minimum absolute atomic E-state index is 0. The minimum atomic E-state index is 0. The van der Waals surface area contributed by atoms with Gasteiger partial charge in [0.15, 0.2) is 0 Å². The maximum Gasteiger partial charge on any atom is 0 e. The fourth-order valence-corrected chi connectivity index (χ4v) is 1.87. The van der Waals surface area contributed by atoms with Crippen molar-refractivity contribution in [2.45, 2.75) is 12.8 Å². The van der Waals surface area contributed by atoms with Crippen LogP contribution in [-0.4, -0.2) is 12.3 Å². The molecule has 1 rings (SSSR count). The molecule has 0 bridgehead atoms. The van der Waals surface area contributed by atoms with Gasteiger partial charge in [-0.1, -0.05) is 0 Å². The summed E-state index contributed by atoms with van der Waals surface area (Å²) in [6.07, 6.45) is 6.08. The zero-order chi connectivity index (χ0) is 3.54. The third-order valence-corrected chi connectivity index (χ3v) is 2.37. The molecule has 1 aliphatic heterocycles. The van der Waals surface area contributed by atoms with E-state index in [-0.39, 0.29) is 19.5 Å². The fourth-order valence-electron chi connectivity index (χ4n) is 0.625. The first kappa shape index (κ1) is 7.05. The van der Waals surface area contributed by atoms with Crippen molar-refractivity contribution in [2.24, 2.45) is 0 Å². The van der Waals surface area contributed by atoms with E-state index in [1.807, 2.05) is 0 Å². The summed E-state index contributed by atoms with van der Waals surface area (Å²) in [4.78, 5) is 0. The molecule has 0 aromatic rings. The van der Waals surface area contributed by atoms with Crippen LogP contribution in [0.2, 0.25) is 0 Å². The van der Waals surface area contributed by atoms with Crippen molar-refractivity contribution in [1.82, 2.24) is 0 Å². The Morgan fingerprint density at radius 2 is 1.50 bits per heavy atom. The molecule has 0 N–H and O–H groups in total. The maximum absolute atomic E-state index is 1.53. The Kier molecular flexibility index (Phi) is 4.96. The van der Waals surface area contributed by atoms with Crippen LogP contribution >= 0.6 is 8.58 Å². The van der Waals surface area contributed by atoms with E-state index in [0.29, 0.717) is 0 Å². The maximum atomic E-state index is 1.53. The number of rotatable bonds is 0. The zero-order valence-corrected chi connectivity index (χ0v) is 6.30. The quantitative estimate of drug-likeness (QED) is 0.401. The van der Waals surface area contributed by atoms with E-state index in [2.05, 4.69) is 0 Å². The summed E-state index contributed by atoms with van der Waals surface area (Å²) in [6.45, 7) is 0. The van der Waals surface area contributed by atoms with Gasteiger partial charge in [0.25, 0.3) is 0 Å². The van der Waals surface area contributed by atoms with E-state index >= 15 is 0 Å². The zero-order valence-electron chi connectivity index (χ0n) is 3.66. The Morgan fingerprint density at radius 3 is 1.67 bits per heavy atom. The van der Waals surface area contributed by atoms with E-state index in [0.717, 1.165) is 0 Å². The molecule has 1 radical (unpaired) electrons. The molecule has 0 aromatic carbocycles. The van der Waals surface area contributed by atoms with Crippen LogP contribution in [0, 0.1) is 0 Å². The largest absolute Gasteiger partial charge is 0.122 e. The van der Waals surface area contributed by atoms with Crippen molar-refractivity contribution in [3.63, 3.8) is 0 Å². The van der Waals surface area contributed by atoms with E-state index in [1.54, 1.807) is 0 Å². The van der Waals surface area contributed by atoms with Gasteiger partial charge in [0.05, 0.1) is 0 Å². The molecule has 1 heterocycles. The van der Waals surface area contributed by atoms with Crippen LogP contribution in [0.3, 0.4) is 0 Å². The van der Waals surface area contributed by atoms with Gasteiger partial charge in [0.2, 0.25) is 0 Å². The molecule has 0 spiro atoms. The van der Waals surface area contributed by atoms with Crippen LogP contribution in [0.25, 0.3) is 0 Å². The van der Waals surface area contributed by atoms with Gasteiger partial charge in [0, 0.05) is 19.5 Å². The van der Waals surface area contributed by atoms with Gasteiger partial charge in [-0.15, -0.1) is 8.58 Å². The normalized spacial score (nSPS) is 20.0. The Hall–Kier alpha value is 1.05. The van der Waals surface area contributed by atoms with Gasteiger partial charge in [-0.05, 0) is 25.2 Å². The van der Waals surface area contributed by atoms with Crippen LogP contribution in [0.4, 0.5) is 0 Å². The molecule has 0 aromatic heterocycles. The Balaban J connectivity index is 0.000000250. The Labute approximate surface area is 53.6 Å². The van der Waals surface area contributed by atoms with Gasteiger partial charge in [-0.2, -0.15) is 0 Å². The van der Waals surface area contributed by atoms with Crippen molar-refractivity contribution < 1.29 is 19.5 Å². The van der Waals surface area contributed by atoms with Crippen molar-refractivity contribution in [2.75, 3.05) is 12.3 Å². The predicted octanol–water partition coefficient (Wildman–Crippen LogP) is 1.46. The van der Waals surface area contributed by atoms with Crippen LogP contribution in [-0.2, 0) is 19.5 Å². The van der Waals surface area contributed by atoms with Crippen LogP contribution < -0.4 is 0 Å². The van der Waals surface area contributed by atoms with Crippen LogP contribution in [0.1, 0.15) is 12.8 Å². The summed E-state index contributed by atoms with van der Waals surface area (Å²) in [5, 5.41) is 0. The summed E-state index contributed by atoms with van der Waals surface area (Å²) in [5.74, 6) is 0. The van der Waals surface area contributed by atoms with Crippen LogP contribution in [0.15, 0.2) is 0 Å². The second kappa shape index (κ2) is 4.22. The second-order valence-electron chi connectivity index (χ2n) is 1.46. The molecule has 1 saturated heterocycles. The molecule has 0 amide bonds. The van der Waals surface area contributed by atoms with E-state index in [9.17, 15) is 0 Å². The van der Waals surface area contributed by atoms with Crippen molar-refractivity contribution in [3.05, 3.63) is 0 Å². The third kappa shape index (κ3) is 2.27. The summed E-state index contributed by atoms with van der Waals surface area (Å²) < 4.78 is 0. The number of hydrogen-bond donors (Lipinski definition) is 0. The van der Waals surface area contributed by atoms with Gasteiger partial charge in [-0.25, -0.2) is 0 Å². The molecule has 1 fully saturated rings. The summed E-state index contributed by atoms with van der Waals surface area (Å²) in [5.41, 5.74) is 0. The Morgan fingerprint density at radius 1 is 1.00 bits per heavy atom. The minimum Gasteiger partial charge on any atom is -0.122 e. The molecule has 39 valence electrons.